The predicted molar refractivity (Wildman–Crippen MR) is 120 cm³/mol. The van der Waals surface area contributed by atoms with Gasteiger partial charge in [-0.25, -0.2) is 0 Å². The number of nitrogens with one attached hydrogen (secondary N) is 1. The van der Waals surface area contributed by atoms with Crippen LogP contribution in [0, 0.1) is 5.92 Å². The SMILES string of the molecule is O=C1[C@H]2CCC[C@H]2Nc2ccccc2N1Cc1ccc(OCc2ccccc2)cc1. The Hall–Kier alpha value is -3.27. The van der Waals surface area contributed by atoms with Gasteiger partial charge in [0.05, 0.1) is 23.8 Å². The molecule has 0 radical (unpaired) electrons. The van der Waals surface area contributed by atoms with Gasteiger partial charge >= 0.3 is 0 Å². The lowest BCUT2D eigenvalue weighted by molar-refractivity contribution is -0.122. The predicted octanol–water partition coefficient (Wildman–Crippen LogP) is 5.39. The number of hydrogen-bond donors (Lipinski definition) is 1. The molecule has 1 heterocycles. The molecule has 0 spiro atoms. The maximum atomic E-state index is 13.4. The first kappa shape index (κ1) is 18.7. The minimum Gasteiger partial charge on any atom is -0.489 e. The van der Waals surface area contributed by atoms with E-state index in [1.807, 2.05) is 53.4 Å². The van der Waals surface area contributed by atoms with E-state index in [9.17, 15) is 4.79 Å². The monoisotopic (exact) mass is 398 g/mol. The maximum Gasteiger partial charge on any atom is 0.232 e. The Labute approximate surface area is 177 Å². The molecule has 1 aliphatic carbocycles. The molecule has 1 amide bonds. The minimum absolute atomic E-state index is 0.0610. The molecular formula is C26H26N2O2. The number of carbonyl (C=O) groups is 1. The largest absolute Gasteiger partial charge is 0.489 e. The smallest absolute Gasteiger partial charge is 0.232 e. The number of hydrogen-bond acceptors (Lipinski definition) is 3. The van der Waals surface area contributed by atoms with Gasteiger partial charge in [0.1, 0.15) is 12.4 Å². The van der Waals surface area contributed by atoms with Crippen molar-refractivity contribution in [3.05, 3.63) is 90.0 Å². The fraction of sp³-hybridized carbons (Fsp3) is 0.269. The van der Waals surface area contributed by atoms with Crippen LogP contribution in [0.3, 0.4) is 0 Å². The number of benzene rings is 3. The van der Waals surface area contributed by atoms with Crippen molar-refractivity contribution in [1.82, 2.24) is 0 Å². The Bertz CT molecular complexity index is 1020. The fourth-order valence-corrected chi connectivity index (χ4v) is 4.56. The van der Waals surface area contributed by atoms with Crippen LogP contribution in [0.5, 0.6) is 5.75 Å². The van der Waals surface area contributed by atoms with E-state index in [4.69, 9.17) is 4.74 Å². The number of amides is 1. The van der Waals surface area contributed by atoms with Crippen molar-refractivity contribution in [3.8, 4) is 5.75 Å². The number of nitrogens with zero attached hydrogens (tertiary/aromatic N) is 1. The van der Waals surface area contributed by atoms with Gasteiger partial charge in [0.25, 0.3) is 0 Å². The standard InChI is InChI=1S/C26H26N2O2/c29-26-22-9-6-11-23(22)27-24-10-4-5-12-25(24)28(26)17-19-13-15-21(16-14-19)30-18-20-7-2-1-3-8-20/h1-5,7-8,10,12-16,22-23,27H,6,9,11,17-18H2/t22-,23+/m0/s1. The lowest BCUT2D eigenvalue weighted by Crippen LogP contribution is -2.38. The molecule has 152 valence electrons. The van der Waals surface area contributed by atoms with Crippen molar-refractivity contribution in [3.63, 3.8) is 0 Å². The molecule has 3 aromatic rings. The highest BCUT2D eigenvalue weighted by Gasteiger charge is 2.39. The topological polar surface area (TPSA) is 41.6 Å². The van der Waals surface area contributed by atoms with Gasteiger partial charge in [0, 0.05) is 6.04 Å². The van der Waals surface area contributed by atoms with Gasteiger partial charge in [-0.2, -0.15) is 0 Å². The Morgan fingerprint density at radius 2 is 1.63 bits per heavy atom. The summed E-state index contributed by atoms with van der Waals surface area (Å²) in [5.74, 6) is 1.13. The van der Waals surface area contributed by atoms with Crippen LogP contribution in [0.2, 0.25) is 0 Å². The molecule has 5 rings (SSSR count). The van der Waals surface area contributed by atoms with Crippen molar-refractivity contribution in [2.75, 3.05) is 10.2 Å². The van der Waals surface area contributed by atoms with E-state index in [0.717, 1.165) is 47.5 Å². The van der Waals surface area contributed by atoms with Crippen molar-refractivity contribution in [2.24, 2.45) is 5.92 Å². The zero-order valence-electron chi connectivity index (χ0n) is 17.0. The van der Waals surface area contributed by atoms with Crippen LogP contribution in [0.4, 0.5) is 11.4 Å². The van der Waals surface area contributed by atoms with E-state index in [-0.39, 0.29) is 17.9 Å². The molecule has 4 nitrogen and oxygen atoms in total. The molecule has 30 heavy (non-hydrogen) atoms. The van der Waals surface area contributed by atoms with Crippen LogP contribution >= 0.6 is 0 Å². The molecule has 0 aromatic heterocycles. The van der Waals surface area contributed by atoms with Crippen LogP contribution in [0.15, 0.2) is 78.9 Å². The van der Waals surface area contributed by atoms with E-state index in [1.54, 1.807) is 0 Å². The first-order valence-electron chi connectivity index (χ1n) is 10.7. The average Bonchev–Trinajstić information content (AvgIpc) is 3.22. The molecule has 0 bridgehead atoms. The summed E-state index contributed by atoms with van der Waals surface area (Å²) in [6, 6.07) is 26.6. The summed E-state index contributed by atoms with van der Waals surface area (Å²) < 4.78 is 5.90. The van der Waals surface area contributed by atoms with Crippen LogP contribution in [0.1, 0.15) is 30.4 Å². The summed E-state index contributed by atoms with van der Waals surface area (Å²) >= 11 is 0. The Morgan fingerprint density at radius 1 is 0.867 bits per heavy atom. The zero-order valence-corrected chi connectivity index (χ0v) is 17.0. The van der Waals surface area contributed by atoms with Gasteiger partial charge in [0.15, 0.2) is 0 Å². The fourth-order valence-electron chi connectivity index (χ4n) is 4.56. The highest BCUT2D eigenvalue weighted by molar-refractivity contribution is 6.00. The molecule has 1 N–H and O–H groups in total. The first-order valence-corrected chi connectivity index (χ1v) is 10.7. The number of para-hydroxylation sites is 2. The van der Waals surface area contributed by atoms with Crippen LogP contribution in [-0.4, -0.2) is 11.9 Å². The third-order valence-corrected chi connectivity index (χ3v) is 6.15. The summed E-state index contributed by atoms with van der Waals surface area (Å²) in [4.78, 5) is 15.3. The van der Waals surface area contributed by atoms with E-state index < -0.39 is 0 Å². The van der Waals surface area contributed by atoms with Crippen molar-refractivity contribution >= 4 is 17.3 Å². The molecule has 0 saturated heterocycles. The second-order valence-corrected chi connectivity index (χ2v) is 8.15. The Kier molecular flexibility index (Phi) is 5.14. The normalized spacial score (nSPS) is 20.1. The highest BCUT2D eigenvalue weighted by Crippen LogP contribution is 2.39. The molecule has 1 aliphatic heterocycles. The number of ether oxygens (including phenoxy) is 1. The first-order chi connectivity index (χ1) is 14.8. The molecule has 2 atom stereocenters. The van der Waals surface area contributed by atoms with Crippen molar-refractivity contribution < 1.29 is 9.53 Å². The Morgan fingerprint density at radius 3 is 2.47 bits per heavy atom. The highest BCUT2D eigenvalue weighted by atomic mass is 16.5. The second kappa shape index (κ2) is 8.23. The molecular weight excluding hydrogens is 372 g/mol. The molecule has 1 fully saturated rings. The number of fused-ring (bicyclic) bond motifs is 2. The molecule has 1 saturated carbocycles. The summed E-state index contributed by atoms with van der Waals surface area (Å²) in [6.07, 6.45) is 3.14. The number of anilines is 2. The summed E-state index contributed by atoms with van der Waals surface area (Å²) in [6.45, 7) is 1.12. The molecule has 3 aromatic carbocycles. The van der Waals surface area contributed by atoms with E-state index in [0.29, 0.717) is 13.2 Å². The maximum absolute atomic E-state index is 13.4. The quantitative estimate of drug-likeness (QED) is 0.626. The lowest BCUT2D eigenvalue weighted by Gasteiger charge is -2.25. The third-order valence-electron chi connectivity index (χ3n) is 6.15. The lowest BCUT2D eigenvalue weighted by atomic mass is 10.0. The molecule has 4 heteroatoms. The van der Waals surface area contributed by atoms with Crippen molar-refractivity contribution in [2.45, 2.75) is 38.5 Å². The van der Waals surface area contributed by atoms with E-state index in [1.165, 1.54) is 0 Å². The summed E-state index contributed by atoms with van der Waals surface area (Å²) in [5, 5.41) is 3.63. The summed E-state index contributed by atoms with van der Waals surface area (Å²) in [7, 11) is 0. The van der Waals surface area contributed by atoms with Gasteiger partial charge in [-0.3, -0.25) is 4.79 Å². The van der Waals surface area contributed by atoms with E-state index in [2.05, 4.69) is 35.6 Å². The Balaban J connectivity index is 1.33. The van der Waals surface area contributed by atoms with Crippen LogP contribution in [0.25, 0.3) is 0 Å². The van der Waals surface area contributed by atoms with Gasteiger partial charge in [-0.15, -0.1) is 0 Å². The second-order valence-electron chi connectivity index (χ2n) is 8.15. The third kappa shape index (κ3) is 3.78. The number of rotatable bonds is 5. The van der Waals surface area contributed by atoms with Gasteiger partial charge in [-0.1, -0.05) is 61.0 Å². The summed E-state index contributed by atoms with van der Waals surface area (Å²) in [5.41, 5.74) is 4.28. The minimum atomic E-state index is 0.0610. The number of carbonyl (C=O) groups excluding carboxylic acids is 1. The van der Waals surface area contributed by atoms with Crippen LogP contribution in [-0.2, 0) is 17.9 Å². The average molecular weight is 399 g/mol. The van der Waals surface area contributed by atoms with Crippen molar-refractivity contribution in [1.29, 1.82) is 0 Å². The van der Waals surface area contributed by atoms with Crippen LogP contribution < -0.4 is 15.0 Å². The zero-order chi connectivity index (χ0) is 20.3. The molecule has 2 aliphatic rings. The molecule has 0 unspecified atom stereocenters. The van der Waals surface area contributed by atoms with Gasteiger partial charge in [-0.05, 0) is 48.2 Å². The van der Waals surface area contributed by atoms with Gasteiger partial charge < -0.3 is 15.0 Å². The van der Waals surface area contributed by atoms with Gasteiger partial charge in [0.2, 0.25) is 5.91 Å². The van der Waals surface area contributed by atoms with E-state index >= 15 is 0 Å².